The molecule has 69 heavy (non-hydrogen) atoms. The molecule has 0 bridgehead atoms. The highest BCUT2D eigenvalue weighted by Gasteiger charge is 2.52. The fourth-order valence-corrected chi connectivity index (χ4v) is 13.8. The van der Waals surface area contributed by atoms with Crippen LogP contribution in [0.2, 0.25) is 30.7 Å². The van der Waals surface area contributed by atoms with Gasteiger partial charge in [-0.05, 0) is 78.0 Å². The van der Waals surface area contributed by atoms with Crippen molar-refractivity contribution in [3.8, 4) is 11.5 Å². The average Bonchev–Trinajstić information content (AvgIpc) is 3.65. The SMILES string of the molecule is COCOc1cc(OC)cc(C=CC(OCOC)[C@@H]2OC(C)(C)O[C@@H]2C(C=C[C@@H](C)[C@H](C)O[Si](c2ccccc2)(c2ccccc2)C(C)(C)C)OC(=O)c2ccccc2)c1C(=O)OCC[Si](C)(C)C. The van der Waals surface area contributed by atoms with Gasteiger partial charge in [-0.25, -0.2) is 9.59 Å². The van der Waals surface area contributed by atoms with Gasteiger partial charge < -0.3 is 47.1 Å². The predicted molar refractivity (Wildman–Crippen MR) is 276 cm³/mol. The second-order valence-electron chi connectivity index (χ2n) is 20.0. The van der Waals surface area contributed by atoms with Crippen molar-refractivity contribution in [2.75, 3.05) is 41.5 Å². The Morgan fingerprint density at radius 2 is 1.30 bits per heavy atom. The van der Waals surface area contributed by atoms with Crippen molar-refractivity contribution in [3.05, 3.63) is 138 Å². The molecule has 4 aromatic rings. The van der Waals surface area contributed by atoms with Crippen molar-refractivity contribution in [2.24, 2.45) is 5.92 Å². The maximum Gasteiger partial charge on any atom is 0.342 e. The molecule has 0 radical (unpaired) electrons. The van der Waals surface area contributed by atoms with Gasteiger partial charge in [-0.15, -0.1) is 0 Å². The van der Waals surface area contributed by atoms with Crippen molar-refractivity contribution in [2.45, 2.75) is 115 Å². The fourth-order valence-electron chi connectivity index (χ4n) is 8.27. The lowest BCUT2D eigenvalue weighted by atomic mass is 9.98. The summed E-state index contributed by atoms with van der Waals surface area (Å²) in [6, 6.07) is 34.0. The molecule has 0 saturated carbocycles. The number of methoxy groups -OCH3 is 3. The summed E-state index contributed by atoms with van der Waals surface area (Å²) in [5, 5.41) is 2.12. The first-order valence-electron chi connectivity index (χ1n) is 23.6. The highest BCUT2D eigenvalue weighted by Crippen LogP contribution is 2.40. The Balaban J connectivity index is 1.56. The Morgan fingerprint density at radius 1 is 0.739 bits per heavy atom. The van der Waals surface area contributed by atoms with Crippen LogP contribution < -0.4 is 19.8 Å². The van der Waals surface area contributed by atoms with Crippen molar-refractivity contribution in [1.29, 1.82) is 0 Å². The highest BCUT2D eigenvalue weighted by molar-refractivity contribution is 6.99. The number of esters is 2. The van der Waals surface area contributed by atoms with Gasteiger partial charge in [-0.1, -0.05) is 144 Å². The lowest BCUT2D eigenvalue weighted by Gasteiger charge is -2.45. The zero-order valence-electron chi connectivity index (χ0n) is 42.8. The molecule has 0 spiro atoms. The zero-order valence-corrected chi connectivity index (χ0v) is 44.8. The number of hydrogen-bond acceptors (Lipinski definition) is 12. The monoisotopic (exact) mass is 982 g/mol. The molecule has 1 aliphatic heterocycles. The fraction of sp³-hybridized carbons (Fsp3) is 0.455. The van der Waals surface area contributed by atoms with Crippen molar-refractivity contribution < 1.29 is 56.6 Å². The number of rotatable bonds is 24. The van der Waals surface area contributed by atoms with E-state index < -0.39 is 58.5 Å². The van der Waals surface area contributed by atoms with Crippen LogP contribution in [0, 0.1) is 5.92 Å². The maximum absolute atomic E-state index is 14.0. The molecule has 374 valence electrons. The van der Waals surface area contributed by atoms with E-state index >= 15 is 0 Å². The second kappa shape index (κ2) is 24.8. The van der Waals surface area contributed by atoms with Gasteiger partial charge >= 0.3 is 11.9 Å². The van der Waals surface area contributed by atoms with E-state index in [2.05, 4.69) is 103 Å². The molecular weight excluding hydrogens is 909 g/mol. The molecule has 0 aliphatic carbocycles. The molecule has 5 rings (SSSR count). The minimum atomic E-state index is -2.91. The van der Waals surface area contributed by atoms with E-state index in [4.69, 9.17) is 47.1 Å². The number of benzene rings is 4. The molecule has 2 unspecified atom stereocenters. The molecule has 1 aliphatic rings. The lowest BCUT2D eigenvalue weighted by molar-refractivity contribution is -0.165. The van der Waals surface area contributed by atoms with Crippen LogP contribution in [0.5, 0.6) is 11.5 Å². The third kappa shape index (κ3) is 14.8. The van der Waals surface area contributed by atoms with Crippen molar-refractivity contribution in [1.82, 2.24) is 0 Å². The van der Waals surface area contributed by atoms with Crippen LogP contribution in [-0.4, -0.2) is 106 Å². The van der Waals surface area contributed by atoms with Gasteiger partial charge in [-0.3, -0.25) is 0 Å². The summed E-state index contributed by atoms with van der Waals surface area (Å²) in [6.07, 6.45) is 3.50. The Bertz CT molecular complexity index is 2250. The minimum absolute atomic E-state index is 0.116. The maximum atomic E-state index is 14.0. The van der Waals surface area contributed by atoms with Crippen LogP contribution in [0.1, 0.15) is 74.7 Å². The zero-order chi connectivity index (χ0) is 50.4. The molecule has 14 heteroatoms. The summed E-state index contributed by atoms with van der Waals surface area (Å²) in [5.41, 5.74) is 1.00. The Kier molecular flexibility index (Phi) is 19.8. The van der Waals surface area contributed by atoms with E-state index in [1.165, 1.54) is 31.7 Å². The first-order valence-corrected chi connectivity index (χ1v) is 29.2. The normalized spacial score (nSPS) is 18.2. The number of hydrogen-bond donors (Lipinski definition) is 0. The minimum Gasteiger partial charge on any atom is -0.497 e. The topological polar surface area (TPSA) is 126 Å². The highest BCUT2D eigenvalue weighted by atomic mass is 28.4. The number of ether oxygens (including phenoxy) is 9. The largest absolute Gasteiger partial charge is 0.497 e. The summed E-state index contributed by atoms with van der Waals surface area (Å²) in [5.74, 6) is -1.74. The van der Waals surface area contributed by atoms with Gasteiger partial charge in [0.05, 0.1) is 19.3 Å². The van der Waals surface area contributed by atoms with E-state index in [0.717, 1.165) is 6.04 Å². The van der Waals surface area contributed by atoms with Gasteiger partial charge in [-0.2, -0.15) is 0 Å². The van der Waals surface area contributed by atoms with Crippen LogP contribution in [-0.2, 0) is 37.6 Å². The quantitative estimate of drug-likeness (QED) is 0.0287. The molecule has 12 nitrogen and oxygen atoms in total. The second-order valence-corrected chi connectivity index (χ2v) is 29.9. The Hall–Kier alpha value is -4.91. The van der Waals surface area contributed by atoms with Gasteiger partial charge in [0, 0.05) is 34.5 Å². The summed E-state index contributed by atoms with van der Waals surface area (Å²) < 4.78 is 61.7. The summed E-state index contributed by atoms with van der Waals surface area (Å²) in [7, 11) is 0.116. The van der Waals surface area contributed by atoms with E-state index in [9.17, 15) is 9.59 Å². The van der Waals surface area contributed by atoms with Crippen LogP contribution in [0.25, 0.3) is 6.08 Å². The summed E-state index contributed by atoms with van der Waals surface area (Å²) >= 11 is 0. The van der Waals surface area contributed by atoms with Crippen molar-refractivity contribution in [3.63, 3.8) is 0 Å². The van der Waals surface area contributed by atoms with Crippen LogP contribution in [0.15, 0.2) is 121 Å². The van der Waals surface area contributed by atoms with Gasteiger partial charge in [0.15, 0.2) is 12.6 Å². The number of carbonyl (C=O) groups excluding carboxylic acids is 2. The average molecular weight is 983 g/mol. The summed E-state index contributed by atoms with van der Waals surface area (Å²) in [4.78, 5) is 27.9. The third-order valence-corrected chi connectivity index (χ3v) is 18.8. The van der Waals surface area contributed by atoms with Gasteiger partial charge in [0.25, 0.3) is 8.32 Å². The smallest absolute Gasteiger partial charge is 0.342 e. The molecule has 6 atom stereocenters. The van der Waals surface area contributed by atoms with E-state index in [-0.39, 0.29) is 48.6 Å². The molecule has 1 fully saturated rings. The molecule has 0 amide bonds. The van der Waals surface area contributed by atoms with Crippen LogP contribution >= 0.6 is 0 Å². The van der Waals surface area contributed by atoms with E-state index in [0.29, 0.717) is 16.9 Å². The molecule has 1 heterocycles. The predicted octanol–water partition coefficient (Wildman–Crippen LogP) is 10.1. The Labute approximate surface area is 412 Å². The van der Waals surface area contributed by atoms with E-state index in [1.807, 2.05) is 30.4 Å². The molecule has 4 aromatic carbocycles. The molecule has 1 saturated heterocycles. The molecule has 0 N–H and O–H groups in total. The van der Waals surface area contributed by atoms with E-state index in [1.54, 1.807) is 62.4 Å². The Morgan fingerprint density at radius 3 is 1.84 bits per heavy atom. The third-order valence-electron chi connectivity index (χ3n) is 12.0. The summed E-state index contributed by atoms with van der Waals surface area (Å²) in [6.45, 7) is 21.2. The standard InChI is InChI=1S/C55H74O12Si2/c1-39(40(2)67-69(54(3,4)5,44-25-19-15-20-26-44)45-27-21-16-22-28-45)29-31-47(64-52(56)41-23-17-14-18-24-41)51-50(65-55(6,7)66-51)46(62-37-58-8)32-30-42-35-43(60-10)36-48(63-38-59-9)49(42)53(57)61-33-34-68(11,12)13/h14-32,35-36,39-40,46-47,50-51H,33-34,37-38H2,1-13H3/t39-,40+,46?,47?,50+,51-/m1/s1. The first-order chi connectivity index (χ1) is 32.7. The molecular formula is C55H74O12Si2. The lowest BCUT2D eigenvalue weighted by Crippen LogP contribution is -2.67. The first kappa shape index (κ1) is 55.0. The van der Waals surface area contributed by atoms with Crippen LogP contribution in [0.3, 0.4) is 0 Å². The van der Waals surface area contributed by atoms with Crippen molar-refractivity contribution >= 4 is 44.8 Å². The van der Waals surface area contributed by atoms with Crippen LogP contribution in [0.4, 0.5) is 0 Å². The molecule has 0 aromatic heterocycles. The van der Waals surface area contributed by atoms with Gasteiger partial charge in [0.1, 0.15) is 48.3 Å². The van der Waals surface area contributed by atoms with Gasteiger partial charge in [0.2, 0.25) is 0 Å². The number of carbonyl (C=O) groups is 2.